The molecule has 0 aliphatic carbocycles. The first-order valence-electron chi connectivity index (χ1n) is 7.61. The Morgan fingerprint density at radius 1 is 1.20 bits per heavy atom. The van der Waals surface area contributed by atoms with E-state index in [0.29, 0.717) is 5.92 Å². The average molecular weight is 275 g/mol. The molecule has 1 aromatic rings. The lowest BCUT2D eigenvalue weighted by atomic mass is 9.89. The molecule has 3 nitrogen and oxygen atoms in total. The molecular weight excluding hydrogens is 250 g/mol. The Hall–Kier alpha value is -1.35. The minimum atomic E-state index is -0.737. The maximum Gasteiger partial charge on any atom is 0.325 e. The Morgan fingerprint density at radius 2 is 1.90 bits per heavy atom. The third-order valence-electron chi connectivity index (χ3n) is 4.46. The zero-order chi connectivity index (χ0) is 14.5. The molecule has 0 spiro atoms. The van der Waals surface area contributed by atoms with Crippen LogP contribution in [0.1, 0.15) is 44.7 Å². The van der Waals surface area contributed by atoms with Crippen molar-refractivity contribution in [2.75, 3.05) is 13.1 Å². The van der Waals surface area contributed by atoms with E-state index >= 15 is 0 Å². The van der Waals surface area contributed by atoms with Gasteiger partial charge in [0.1, 0.15) is 6.04 Å². The molecule has 1 aliphatic heterocycles. The van der Waals surface area contributed by atoms with Gasteiger partial charge < -0.3 is 5.11 Å². The molecule has 0 saturated carbocycles. The zero-order valence-electron chi connectivity index (χ0n) is 12.5. The lowest BCUT2D eigenvalue weighted by Crippen LogP contribution is -2.35. The molecule has 1 heterocycles. The number of benzene rings is 1. The fourth-order valence-corrected chi connectivity index (χ4v) is 3.21. The minimum Gasteiger partial charge on any atom is -0.480 e. The van der Waals surface area contributed by atoms with Crippen LogP contribution in [0.3, 0.4) is 0 Å². The highest BCUT2D eigenvalue weighted by Gasteiger charge is 2.29. The quantitative estimate of drug-likeness (QED) is 0.913. The van der Waals surface area contributed by atoms with Crippen molar-refractivity contribution >= 4 is 5.97 Å². The Bertz CT molecular complexity index is 430. The Morgan fingerprint density at radius 3 is 2.50 bits per heavy atom. The molecule has 2 unspecified atom stereocenters. The van der Waals surface area contributed by atoms with E-state index in [0.717, 1.165) is 37.4 Å². The van der Waals surface area contributed by atoms with Gasteiger partial charge >= 0.3 is 5.97 Å². The number of hydrogen-bond donors (Lipinski definition) is 1. The van der Waals surface area contributed by atoms with E-state index in [1.54, 1.807) is 0 Å². The number of likely N-dealkylation sites (tertiary alicyclic amines) is 1. The first-order valence-corrected chi connectivity index (χ1v) is 7.61. The third-order valence-corrected chi connectivity index (χ3v) is 4.46. The molecule has 2 rings (SSSR count). The summed E-state index contributed by atoms with van der Waals surface area (Å²) in [5.74, 6) is 0.680. The summed E-state index contributed by atoms with van der Waals surface area (Å²) in [5, 5.41) is 9.60. The van der Waals surface area contributed by atoms with Gasteiger partial charge in [0.15, 0.2) is 0 Å². The summed E-state index contributed by atoms with van der Waals surface area (Å²) in [6, 6.07) is 9.11. The summed E-state index contributed by atoms with van der Waals surface area (Å²) in [4.78, 5) is 13.8. The molecule has 2 atom stereocenters. The van der Waals surface area contributed by atoms with Gasteiger partial charge in [0.2, 0.25) is 0 Å². The second-order valence-electron chi connectivity index (χ2n) is 6.12. The van der Waals surface area contributed by atoms with E-state index in [-0.39, 0.29) is 0 Å². The molecule has 1 N–H and O–H groups in total. The monoisotopic (exact) mass is 275 g/mol. The fraction of sp³-hybridized carbons (Fsp3) is 0.588. The van der Waals surface area contributed by atoms with Crippen molar-refractivity contribution in [3.05, 3.63) is 35.9 Å². The molecule has 1 fully saturated rings. The number of carboxylic acids is 1. The van der Waals surface area contributed by atoms with Crippen LogP contribution < -0.4 is 0 Å². The number of carbonyl (C=O) groups is 1. The Balaban J connectivity index is 2.13. The second-order valence-corrected chi connectivity index (χ2v) is 6.12. The Kier molecular flexibility index (Phi) is 5.18. The lowest BCUT2D eigenvalue weighted by Gasteiger charge is -2.28. The van der Waals surface area contributed by atoms with Crippen LogP contribution in [0.5, 0.6) is 0 Å². The van der Waals surface area contributed by atoms with E-state index in [1.807, 2.05) is 30.3 Å². The van der Waals surface area contributed by atoms with Gasteiger partial charge in [-0.2, -0.15) is 0 Å². The second kappa shape index (κ2) is 6.89. The molecule has 0 bridgehead atoms. The van der Waals surface area contributed by atoms with Gasteiger partial charge in [-0.25, -0.2) is 0 Å². The molecular formula is C17H25NO2. The molecule has 3 heteroatoms. The summed E-state index contributed by atoms with van der Waals surface area (Å²) >= 11 is 0. The maximum absolute atomic E-state index is 11.7. The van der Waals surface area contributed by atoms with Crippen LogP contribution in [0.2, 0.25) is 0 Å². The van der Waals surface area contributed by atoms with E-state index < -0.39 is 12.0 Å². The predicted octanol–water partition coefficient (Wildman–Crippen LogP) is 3.57. The summed E-state index contributed by atoms with van der Waals surface area (Å²) in [6.45, 7) is 6.31. The lowest BCUT2D eigenvalue weighted by molar-refractivity contribution is -0.143. The van der Waals surface area contributed by atoms with Crippen molar-refractivity contribution < 1.29 is 9.90 Å². The van der Waals surface area contributed by atoms with Gasteiger partial charge in [0.25, 0.3) is 0 Å². The van der Waals surface area contributed by atoms with Crippen LogP contribution in [-0.4, -0.2) is 29.1 Å². The average Bonchev–Trinajstić information content (AvgIpc) is 2.66. The maximum atomic E-state index is 11.7. The molecule has 20 heavy (non-hydrogen) atoms. The molecule has 0 amide bonds. The fourth-order valence-electron chi connectivity index (χ4n) is 3.21. The van der Waals surface area contributed by atoms with Crippen molar-refractivity contribution in [1.29, 1.82) is 0 Å². The van der Waals surface area contributed by atoms with Crippen LogP contribution in [0.4, 0.5) is 0 Å². The van der Waals surface area contributed by atoms with Gasteiger partial charge in [-0.15, -0.1) is 0 Å². The number of hydrogen-bond acceptors (Lipinski definition) is 2. The van der Waals surface area contributed by atoms with Crippen molar-refractivity contribution in [3.8, 4) is 0 Å². The standard InChI is InChI=1S/C17H25NO2/c1-13(2)14-9-6-11-18(12-10-14)16(17(19)20)15-7-4-3-5-8-15/h3-5,7-8,13-14,16H,6,9-12H2,1-2H3,(H,19,20). The largest absolute Gasteiger partial charge is 0.480 e. The van der Waals surface area contributed by atoms with E-state index in [9.17, 15) is 9.90 Å². The van der Waals surface area contributed by atoms with E-state index in [2.05, 4.69) is 18.7 Å². The smallest absolute Gasteiger partial charge is 0.325 e. The minimum absolute atomic E-state index is 0.498. The molecule has 0 radical (unpaired) electrons. The molecule has 110 valence electrons. The highest BCUT2D eigenvalue weighted by Crippen LogP contribution is 2.29. The van der Waals surface area contributed by atoms with E-state index in [1.165, 1.54) is 6.42 Å². The van der Waals surface area contributed by atoms with Crippen LogP contribution >= 0.6 is 0 Å². The van der Waals surface area contributed by atoms with Crippen molar-refractivity contribution in [2.45, 2.75) is 39.2 Å². The highest BCUT2D eigenvalue weighted by atomic mass is 16.4. The van der Waals surface area contributed by atoms with Crippen molar-refractivity contribution in [2.24, 2.45) is 11.8 Å². The molecule has 1 aliphatic rings. The van der Waals surface area contributed by atoms with Crippen LogP contribution in [0.25, 0.3) is 0 Å². The van der Waals surface area contributed by atoms with Gasteiger partial charge in [-0.3, -0.25) is 9.69 Å². The zero-order valence-corrected chi connectivity index (χ0v) is 12.5. The summed E-state index contributed by atoms with van der Waals surface area (Å²) in [7, 11) is 0. The van der Waals surface area contributed by atoms with Gasteiger partial charge in [0, 0.05) is 0 Å². The van der Waals surface area contributed by atoms with Crippen LogP contribution in [-0.2, 0) is 4.79 Å². The predicted molar refractivity (Wildman–Crippen MR) is 80.6 cm³/mol. The number of carboxylic acid groups (broad SMARTS) is 1. The van der Waals surface area contributed by atoms with Gasteiger partial charge in [0.05, 0.1) is 0 Å². The first kappa shape index (κ1) is 15.0. The SMILES string of the molecule is CC(C)C1CCCN(C(C(=O)O)c2ccccc2)CC1. The summed E-state index contributed by atoms with van der Waals surface area (Å²) in [6.07, 6.45) is 3.42. The van der Waals surface area contributed by atoms with E-state index in [4.69, 9.17) is 0 Å². The molecule has 1 aromatic carbocycles. The summed E-state index contributed by atoms with van der Waals surface area (Å²) in [5.41, 5.74) is 0.892. The first-order chi connectivity index (χ1) is 9.59. The number of rotatable bonds is 4. The van der Waals surface area contributed by atoms with Gasteiger partial charge in [-0.1, -0.05) is 44.2 Å². The van der Waals surface area contributed by atoms with Gasteiger partial charge in [-0.05, 0) is 49.8 Å². The van der Waals surface area contributed by atoms with Crippen LogP contribution in [0.15, 0.2) is 30.3 Å². The number of nitrogens with zero attached hydrogens (tertiary/aromatic N) is 1. The Labute approximate surface area is 121 Å². The molecule has 0 aromatic heterocycles. The van der Waals surface area contributed by atoms with Crippen molar-refractivity contribution in [1.82, 2.24) is 4.90 Å². The van der Waals surface area contributed by atoms with Crippen molar-refractivity contribution in [3.63, 3.8) is 0 Å². The normalized spacial score (nSPS) is 22.4. The highest BCUT2D eigenvalue weighted by molar-refractivity contribution is 5.75. The van der Waals surface area contributed by atoms with Crippen LogP contribution in [0, 0.1) is 11.8 Å². The topological polar surface area (TPSA) is 40.5 Å². The number of aliphatic carboxylic acids is 1. The third kappa shape index (κ3) is 3.60. The molecule has 1 saturated heterocycles. The summed E-state index contributed by atoms with van der Waals surface area (Å²) < 4.78 is 0.